The predicted molar refractivity (Wildman–Crippen MR) is 74.4 cm³/mol. The molecule has 5 nitrogen and oxygen atoms in total. The second-order valence-electron chi connectivity index (χ2n) is 4.11. The molecule has 0 bridgehead atoms. The van der Waals surface area contributed by atoms with Gasteiger partial charge in [0.2, 0.25) is 0 Å². The summed E-state index contributed by atoms with van der Waals surface area (Å²) >= 11 is 0. The lowest BCUT2D eigenvalue weighted by atomic mass is 10.3. The molecule has 0 saturated heterocycles. The summed E-state index contributed by atoms with van der Waals surface area (Å²) in [5.74, 6) is 0.832. The van der Waals surface area contributed by atoms with Crippen molar-refractivity contribution in [3.8, 4) is 5.75 Å². The Balaban J connectivity index is 2.20. The number of aromatic nitrogens is 1. The molecular weight excluding hydrogens is 244 g/mol. The molecule has 0 spiro atoms. The van der Waals surface area contributed by atoms with Crippen LogP contribution >= 0.6 is 0 Å². The van der Waals surface area contributed by atoms with E-state index in [0.717, 1.165) is 31.0 Å². The van der Waals surface area contributed by atoms with Crippen LogP contribution in [0.4, 0.5) is 0 Å². The number of hydrogen-bond donors (Lipinski definition) is 1. The van der Waals surface area contributed by atoms with Gasteiger partial charge in [0.1, 0.15) is 12.4 Å². The van der Waals surface area contributed by atoms with Gasteiger partial charge in [-0.2, -0.15) is 0 Å². The first-order chi connectivity index (χ1) is 9.36. The number of ether oxygens (including phenoxy) is 3. The zero-order valence-corrected chi connectivity index (χ0v) is 11.9. The summed E-state index contributed by atoms with van der Waals surface area (Å²) < 4.78 is 15.8. The molecule has 0 radical (unpaired) electrons. The van der Waals surface area contributed by atoms with Crippen LogP contribution in [0.5, 0.6) is 5.75 Å². The van der Waals surface area contributed by atoms with Gasteiger partial charge >= 0.3 is 0 Å². The van der Waals surface area contributed by atoms with Gasteiger partial charge in [-0.25, -0.2) is 0 Å². The SMILES string of the molecule is CCCNCc1cc(OCCOCCOC)ccn1. The van der Waals surface area contributed by atoms with Gasteiger partial charge in [-0.05, 0) is 19.0 Å². The Morgan fingerprint density at radius 2 is 2.05 bits per heavy atom. The molecule has 1 aromatic heterocycles. The smallest absolute Gasteiger partial charge is 0.122 e. The lowest BCUT2D eigenvalue weighted by Crippen LogP contribution is -2.15. The van der Waals surface area contributed by atoms with Crippen LogP contribution in [0.1, 0.15) is 19.0 Å². The molecule has 0 aliphatic carbocycles. The predicted octanol–water partition coefficient (Wildman–Crippen LogP) is 1.62. The first-order valence-corrected chi connectivity index (χ1v) is 6.72. The summed E-state index contributed by atoms with van der Waals surface area (Å²) in [6.07, 6.45) is 2.89. The quantitative estimate of drug-likeness (QED) is 0.618. The molecule has 1 aromatic rings. The fourth-order valence-corrected chi connectivity index (χ4v) is 1.50. The van der Waals surface area contributed by atoms with Gasteiger partial charge in [-0.3, -0.25) is 4.98 Å². The summed E-state index contributed by atoms with van der Waals surface area (Å²) in [7, 11) is 1.66. The Labute approximate surface area is 115 Å². The largest absolute Gasteiger partial charge is 0.491 e. The lowest BCUT2D eigenvalue weighted by Gasteiger charge is -2.08. The molecule has 19 heavy (non-hydrogen) atoms. The standard InChI is InChI=1S/C14H24N2O3/c1-3-5-15-12-13-11-14(4-6-16-13)19-10-9-18-8-7-17-2/h4,6,11,15H,3,5,7-10,12H2,1-2H3. The van der Waals surface area contributed by atoms with Crippen LogP contribution < -0.4 is 10.1 Å². The summed E-state index contributed by atoms with van der Waals surface area (Å²) in [6, 6.07) is 3.82. The van der Waals surface area contributed by atoms with Crippen molar-refractivity contribution in [1.82, 2.24) is 10.3 Å². The molecule has 1 N–H and O–H groups in total. The molecule has 0 aliphatic rings. The van der Waals surface area contributed by atoms with Crippen LogP contribution in [0.25, 0.3) is 0 Å². The van der Waals surface area contributed by atoms with Crippen molar-refractivity contribution in [1.29, 1.82) is 0 Å². The third-order valence-electron chi connectivity index (χ3n) is 2.45. The highest BCUT2D eigenvalue weighted by Gasteiger charge is 1.98. The third-order valence-corrected chi connectivity index (χ3v) is 2.45. The molecule has 0 amide bonds. The fourth-order valence-electron chi connectivity index (χ4n) is 1.50. The van der Waals surface area contributed by atoms with Crippen molar-refractivity contribution < 1.29 is 14.2 Å². The van der Waals surface area contributed by atoms with Gasteiger partial charge in [0, 0.05) is 25.9 Å². The minimum absolute atomic E-state index is 0.537. The summed E-state index contributed by atoms with van der Waals surface area (Å²) in [4.78, 5) is 4.29. The fraction of sp³-hybridized carbons (Fsp3) is 0.643. The van der Waals surface area contributed by atoms with Crippen LogP contribution in [-0.4, -0.2) is 45.1 Å². The molecule has 1 rings (SSSR count). The van der Waals surface area contributed by atoms with E-state index in [-0.39, 0.29) is 0 Å². The van der Waals surface area contributed by atoms with E-state index < -0.39 is 0 Å². The van der Waals surface area contributed by atoms with E-state index >= 15 is 0 Å². The molecule has 0 fully saturated rings. The highest BCUT2D eigenvalue weighted by atomic mass is 16.5. The Hall–Kier alpha value is -1.17. The Kier molecular flexibility index (Phi) is 8.97. The van der Waals surface area contributed by atoms with Gasteiger partial charge in [0.15, 0.2) is 0 Å². The van der Waals surface area contributed by atoms with Crippen molar-refractivity contribution in [2.75, 3.05) is 40.1 Å². The average molecular weight is 268 g/mol. The van der Waals surface area contributed by atoms with E-state index in [9.17, 15) is 0 Å². The number of nitrogens with one attached hydrogen (secondary N) is 1. The summed E-state index contributed by atoms with van der Waals surface area (Å²) in [5, 5.41) is 3.31. The Morgan fingerprint density at radius 3 is 2.84 bits per heavy atom. The molecule has 0 saturated carbocycles. The molecule has 0 unspecified atom stereocenters. The van der Waals surface area contributed by atoms with Gasteiger partial charge in [-0.1, -0.05) is 6.92 Å². The van der Waals surface area contributed by atoms with Crippen molar-refractivity contribution in [3.63, 3.8) is 0 Å². The molecule has 0 aliphatic heterocycles. The van der Waals surface area contributed by atoms with Crippen LogP contribution in [0.2, 0.25) is 0 Å². The second kappa shape index (κ2) is 10.7. The monoisotopic (exact) mass is 268 g/mol. The molecule has 108 valence electrons. The van der Waals surface area contributed by atoms with E-state index in [1.165, 1.54) is 0 Å². The zero-order valence-electron chi connectivity index (χ0n) is 11.9. The van der Waals surface area contributed by atoms with Crippen molar-refractivity contribution in [2.45, 2.75) is 19.9 Å². The maximum absolute atomic E-state index is 5.60. The third kappa shape index (κ3) is 7.77. The maximum Gasteiger partial charge on any atom is 0.122 e. The van der Waals surface area contributed by atoms with Gasteiger partial charge < -0.3 is 19.5 Å². The first kappa shape index (κ1) is 15.9. The zero-order chi connectivity index (χ0) is 13.8. The number of rotatable bonds is 11. The average Bonchev–Trinajstić information content (AvgIpc) is 2.43. The molecule has 1 heterocycles. The minimum atomic E-state index is 0.537. The van der Waals surface area contributed by atoms with E-state index in [1.807, 2.05) is 12.1 Å². The number of pyridine rings is 1. The second-order valence-corrected chi connectivity index (χ2v) is 4.11. The number of nitrogens with zero attached hydrogens (tertiary/aromatic N) is 1. The van der Waals surface area contributed by atoms with Crippen molar-refractivity contribution in [2.24, 2.45) is 0 Å². The highest BCUT2D eigenvalue weighted by Crippen LogP contribution is 2.10. The normalized spacial score (nSPS) is 10.6. The lowest BCUT2D eigenvalue weighted by molar-refractivity contribution is 0.0544. The van der Waals surface area contributed by atoms with Gasteiger partial charge in [0.05, 0.1) is 25.5 Å². The molecule has 0 aromatic carbocycles. The maximum atomic E-state index is 5.60. The van der Waals surface area contributed by atoms with E-state index in [2.05, 4.69) is 17.2 Å². The highest BCUT2D eigenvalue weighted by molar-refractivity contribution is 5.22. The van der Waals surface area contributed by atoms with E-state index in [0.29, 0.717) is 26.4 Å². The molecule has 5 heteroatoms. The topological polar surface area (TPSA) is 52.6 Å². The van der Waals surface area contributed by atoms with E-state index in [1.54, 1.807) is 13.3 Å². The van der Waals surface area contributed by atoms with Crippen LogP contribution in [0, 0.1) is 0 Å². The van der Waals surface area contributed by atoms with Crippen LogP contribution in [-0.2, 0) is 16.0 Å². The molecule has 0 atom stereocenters. The van der Waals surface area contributed by atoms with Crippen LogP contribution in [0.3, 0.4) is 0 Å². The number of hydrogen-bond acceptors (Lipinski definition) is 5. The summed E-state index contributed by atoms with van der Waals surface area (Å²) in [5.41, 5.74) is 0.992. The van der Waals surface area contributed by atoms with Crippen molar-refractivity contribution >= 4 is 0 Å². The Bertz CT molecular complexity index is 334. The first-order valence-electron chi connectivity index (χ1n) is 6.72. The van der Waals surface area contributed by atoms with Crippen LogP contribution in [0.15, 0.2) is 18.3 Å². The Morgan fingerprint density at radius 1 is 1.21 bits per heavy atom. The van der Waals surface area contributed by atoms with Gasteiger partial charge in [0.25, 0.3) is 0 Å². The van der Waals surface area contributed by atoms with Gasteiger partial charge in [-0.15, -0.1) is 0 Å². The summed E-state index contributed by atoms with van der Waals surface area (Å²) in [6.45, 7) is 6.23. The van der Waals surface area contributed by atoms with E-state index in [4.69, 9.17) is 14.2 Å². The molecular formula is C14H24N2O3. The number of methoxy groups -OCH3 is 1. The van der Waals surface area contributed by atoms with Crippen molar-refractivity contribution in [3.05, 3.63) is 24.0 Å². The minimum Gasteiger partial charge on any atom is -0.491 e.